The number of nitrogens with one attached hydrogen (secondary N) is 2. The Morgan fingerprint density at radius 2 is 1.42 bits per heavy atom. The van der Waals surface area contributed by atoms with E-state index in [0.29, 0.717) is 52.7 Å². The van der Waals surface area contributed by atoms with Crippen LogP contribution in [0.15, 0.2) is 0 Å². The molecule has 0 fully saturated rings. The van der Waals surface area contributed by atoms with Gasteiger partial charge in [-0.15, -0.1) is 0 Å². The minimum atomic E-state index is -0.624. The maximum absolute atomic E-state index is 11.5. The lowest BCUT2D eigenvalue weighted by atomic mass is 10.2. The zero-order valence-electron chi connectivity index (χ0n) is 14.9. The van der Waals surface area contributed by atoms with Gasteiger partial charge in [0.25, 0.3) is 0 Å². The van der Waals surface area contributed by atoms with Crippen molar-refractivity contribution in [3.8, 4) is 0 Å². The summed E-state index contributed by atoms with van der Waals surface area (Å²) < 4.78 is 20.7. The highest BCUT2D eigenvalue weighted by molar-refractivity contribution is 5.82. The molecule has 0 bridgehead atoms. The van der Waals surface area contributed by atoms with Crippen molar-refractivity contribution in [2.24, 2.45) is 5.73 Å². The Morgan fingerprint density at radius 3 is 1.96 bits per heavy atom. The molecule has 0 atom stereocenters. The normalized spacial score (nSPS) is 11.2. The molecule has 142 valence electrons. The zero-order valence-corrected chi connectivity index (χ0v) is 14.9. The van der Waals surface area contributed by atoms with Gasteiger partial charge >= 0.3 is 6.09 Å². The highest BCUT2D eigenvalue weighted by Gasteiger charge is 2.16. The average Bonchev–Trinajstić information content (AvgIpc) is 2.49. The van der Waals surface area contributed by atoms with Crippen LogP contribution < -0.4 is 16.4 Å². The first kappa shape index (κ1) is 22.6. The van der Waals surface area contributed by atoms with E-state index >= 15 is 0 Å². The van der Waals surface area contributed by atoms with E-state index in [-0.39, 0.29) is 12.5 Å². The fourth-order valence-electron chi connectivity index (χ4n) is 1.42. The smallest absolute Gasteiger partial charge is 0.408 e. The second-order valence-electron chi connectivity index (χ2n) is 5.83. The summed E-state index contributed by atoms with van der Waals surface area (Å²) in [6, 6.07) is 0. The van der Waals surface area contributed by atoms with E-state index in [1.807, 2.05) is 0 Å². The lowest BCUT2D eigenvalue weighted by Crippen LogP contribution is -2.40. The Morgan fingerprint density at radius 1 is 0.875 bits per heavy atom. The molecule has 0 heterocycles. The number of carbonyl (C=O) groups is 2. The van der Waals surface area contributed by atoms with Crippen molar-refractivity contribution in [1.29, 1.82) is 0 Å². The third-order valence-corrected chi connectivity index (χ3v) is 2.37. The molecule has 9 nitrogen and oxygen atoms in total. The maximum atomic E-state index is 11.5. The van der Waals surface area contributed by atoms with Crippen molar-refractivity contribution in [2.75, 3.05) is 59.3 Å². The SMILES string of the molecule is CC(C)(C)OC(=O)NCC(=O)NCCOCCOCCOCCN. The molecule has 0 aliphatic carbocycles. The molecular weight excluding hydrogens is 318 g/mol. The minimum Gasteiger partial charge on any atom is -0.444 e. The van der Waals surface area contributed by atoms with Crippen LogP contribution in [0.2, 0.25) is 0 Å². The van der Waals surface area contributed by atoms with Crippen molar-refractivity contribution in [2.45, 2.75) is 26.4 Å². The molecule has 0 spiro atoms. The summed E-state index contributed by atoms with van der Waals surface area (Å²) in [5, 5.41) is 4.99. The molecule has 0 saturated heterocycles. The van der Waals surface area contributed by atoms with Crippen molar-refractivity contribution in [3.63, 3.8) is 0 Å². The standard InChI is InChI=1S/C15H31N3O6/c1-15(2,3)24-14(20)18-12-13(19)17-5-7-22-9-11-23-10-8-21-6-4-16/h4-12,16H2,1-3H3,(H,17,19)(H,18,20). The topological polar surface area (TPSA) is 121 Å². The minimum absolute atomic E-state index is 0.138. The first-order valence-electron chi connectivity index (χ1n) is 8.02. The van der Waals surface area contributed by atoms with Crippen LogP contribution in [0.5, 0.6) is 0 Å². The van der Waals surface area contributed by atoms with E-state index < -0.39 is 11.7 Å². The van der Waals surface area contributed by atoms with Gasteiger partial charge in [-0.05, 0) is 20.8 Å². The van der Waals surface area contributed by atoms with Crippen LogP contribution in [0.3, 0.4) is 0 Å². The Balaban J connectivity index is 3.36. The largest absolute Gasteiger partial charge is 0.444 e. The lowest BCUT2D eigenvalue weighted by molar-refractivity contribution is -0.120. The van der Waals surface area contributed by atoms with Gasteiger partial charge in [0, 0.05) is 13.1 Å². The number of ether oxygens (including phenoxy) is 4. The van der Waals surface area contributed by atoms with Crippen LogP contribution in [-0.4, -0.2) is 76.9 Å². The van der Waals surface area contributed by atoms with Gasteiger partial charge in [0.1, 0.15) is 5.60 Å². The van der Waals surface area contributed by atoms with E-state index in [4.69, 9.17) is 24.7 Å². The van der Waals surface area contributed by atoms with Crippen LogP contribution in [0.4, 0.5) is 4.79 Å². The molecule has 0 saturated carbocycles. The van der Waals surface area contributed by atoms with Gasteiger partial charge in [-0.25, -0.2) is 4.79 Å². The number of alkyl carbamates (subject to hydrolysis) is 1. The molecule has 0 aliphatic heterocycles. The Hall–Kier alpha value is -1.42. The summed E-state index contributed by atoms with van der Waals surface area (Å²) in [5.41, 5.74) is 4.68. The van der Waals surface area contributed by atoms with Gasteiger partial charge in [-0.3, -0.25) is 4.79 Å². The first-order valence-corrected chi connectivity index (χ1v) is 8.02. The highest BCUT2D eigenvalue weighted by atomic mass is 16.6. The van der Waals surface area contributed by atoms with Crippen molar-refractivity contribution >= 4 is 12.0 Å². The second-order valence-corrected chi connectivity index (χ2v) is 5.83. The predicted octanol–water partition coefficient (Wildman–Crippen LogP) is -0.364. The molecule has 0 aliphatic rings. The molecule has 9 heteroatoms. The van der Waals surface area contributed by atoms with E-state index in [1.165, 1.54) is 0 Å². The second kappa shape index (κ2) is 14.0. The number of hydrogen-bond acceptors (Lipinski definition) is 7. The molecule has 2 amide bonds. The third-order valence-electron chi connectivity index (χ3n) is 2.37. The van der Waals surface area contributed by atoms with Crippen LogP contribution in [0.25, 0.3) is 0 Å². The molecule has 4 N–H and O–H groups in total. The molecule has 0 rings (SSSR count). The van der Waals surface area contributed by atoms with Crippen molar-refractivity contribution < 1.29 is 28.5 Å². The maximum Gasteiger partial charge on any atom is 0.408 e. The van der Waals surface area contributed by atoms with E-state index in [9.17, 15) is 9.59 Å². The van der Waals surface area contributed by atoms with Crippen molar-refractivity contribution in [1.82, 2.24) is 10.6 Å². The van der Waals surface area contributed by atoms with E-state index in [1.54, 1.807) is 20.8 Å². The quantitative estimate of drug-likeness (QED) is 0.388. The van der Waals surface area contributed by atoms with Gasteiger partial charge < -0.3 is 35.3 Å². The molecule has 24 heavy (non-hydrogen) atoms. The van der Waals surface area contributed by atoms with Gasteiger partial charge in [0.2, 0.25) is 5.91 Å². The predicted molar refractivity (Wildman–Crippen MR) is 88.8 cm³/mol. The number of rotatable bonds is 13. The highest BCUT2D eigenvalue weighted by Crippen LogP contribution is 2.05. The summed E-state index contributed by atoms with van der Waals surface area (Å²) in [6.45, 7) is 8.77. The molecular formula is C15H31N3O6. The van der Waals surface area contributed by atoms with Crippen LogP contribution in [-0.2, 0) is 23.7 Å². The van der Waals surface area contributed by atoms with E-state index in [0.717, 1.165) is 0 Å². The molecule has 0 unspecified atom stereocenters. The van der Waals surface area contributed by atoms with Gasteiger partial charge in [0.15, 0.2) is 0 Å². The fraction of sp³-hybridized carbons (Fsp3) is 0.867. The fourth-order valence-corrected chi connectivity index (χ4v) is 1.42. The Kier molecular flexibility index (Phi) is 13.1. The zero-order chi connectivity index (χ0) is 18.3. The van der Waals surface area contributed by atoms with Crippen LogP contribution >= 0.6 is 0 Å². The Bertz CT molecular complexity index is 347. The first-order chi connectivity index (χ1) is 11.3. The number of amides is 2. The molecule has 0 aromatic carbocycles. The van der Waals surface area contributed by atoms with Gasteiger partial charge in [-0.2, -0.15) is 0 Å². The van der Waals surface area contributed by atoms with Gasteiger partial charge in [-0.1, -0.05) is 0 Å². The lowest BCUT2D eigenvalue weighted by Gasteiger charge is -2.19. The van der Waals surface area contributed by atoms with Crippen LogP contribution in [0.1, 0.15) is 20.8 Å². The number of carbonyl (C=O) groups excluding carboxylic acids is 2. The summed E-state index contributed by atoms with van der Waals surface area (Å²) >= 11 is 0. The summed E-state index contributed by atoms with van der Waals surface area (Å²) in [6.07, 6.45) is -0.624. The number of hydrogen-bond donors (Lipinski definition) is 3. The molecule has 0 radical (unpaired) electrons. The summed E-state index contributed by atoms with van der Waals surface area (Å²) in [4.78, 5) is 22.8. The average molecular weight is 349 g/mol. The van der Waals surface area contributed by atoms with Crippen molar-refractivity contribution in [3.05, 3.63) is 0 Å². The van der Waals surface area contributed by atoms with Gasteiger partial charge in [0.05, 0.1) is 46.2 Å². The van der Waals surface area contributed by atoms with E-state index in [2.05, 4.69) is 10.6 Å². The van der Waals surface area contributed by atoms with Crippen LogP contribution in [0, 0.1) is 0 Å². The third kappa shape index (κ3) is 16.9. The Labute approximate surface area is 143 Å². The summed E-state index contributed by atoms with van der Waals surface area (Å²) in [7, 11) is 0. The molecule has 0 aromatic rings. The molecule has 0 aromatic heterocycles. The summed E-state index contributed by atoms with van der Waals surface area (Å²) in [5.74, 6) is -0.308. The number of nitrogens with two attached hydrogens (primary N) is 1. The monoisotopic (exact) mass is 349 g/mol.